The van der Waals surface area contributed by atoms with Gasteiger partial charge in [-0.05, 0) is 49.6 Å². The van der Waals surface area contributed by atoms with Gasteiger partial charge in [0.25, 0.3) is 0 Å². The number of hydrogen-bond donors (Lipinski definition) is 2. The van der Waals surface area contributed by atoms with Crippen LogP contribution in [0.15, 0.2) is 41.3 Å². The topological polar surface area (TPSA) is 78.5 Å². The Bertz CT molecular complexity index is 986. The van der Waals surface area contributed by atoms with Gasteiger partial charge in [0.15, 0.2) is 0 Å². The minimum Gasteiger partial charge on any atom is -0.376 e. The summed E-state index contributed by atoms with van der Waals surface area (Å²) in [4.78, 5) is 12.3. The highest BCUT2D eigenvalue weighted by Crippen LogP contribution is 2.26. The number of nitrogens with zero attached hydrogens (tertiary/aromatic N) is 1. The van der Waals surface area contributed by atoms with Crippen LogP contribution in [0.25, 0.3) is 0 Å². The molecule has 1 heterocycles. The first-order valence-corrected chi connectivity index (χ1v) is 10.8. The molecule has 1 amide bonds. The second kappa shape index (κ2) is 8.87. The lowest BCUT2D eigenvalue weighted by atomic mass is 10.2. The number of anilines is 2. The minimum atomic E-state index is -3.63. The molecule has 0 aromatic heterocycles. The molecule has 0 atom stereocenters. The molecular formula is C20H23F2N3O3S. The van der Waals surface area contributed by atoms with Crippen molar-refractivity contribution in [2.45, 2.75) is 31.1 Å². The third-order valence-electron chi connectivity index (χ3n) is 4.72. The van der Waals surface area contributed by atoms with Crippen molar-refractivity contribution >= 4 is 27.3 Å². The third-order valence-corrected chi connectivity index (χ3v) is 6.76. The molecule has 2 aromatic rings. The molecule has 0 radical (unpaired) electrons. The Hall–Kier alpha value is -2.52. The van der Waals surface area contributed by atoms with Gasteiger partial charge in [0.1, 0.15) is 11.6 Å². The molecule has 0 aliphatic carbocycles. The number of amides is 1. The van der Waals surface area contributed by atoms with Gasteiger partial charge in [0.2, 0.25) is 15.9 Å². The highest BCUT2D eigenvalue weighted by atomic mass is 32.2. The van der Waals surface area contributed by atoms with Gasteiger partial charge in [0.05, 0.1) is 11.4 Å². The standard InChI is InChI=1S/C20H23F2N3O3S/c1-14-5-6-17(12-19(14)29(27,28)25-7-3-2-4-8-25)24-20(26)13-23-18-10-15(21)9-16(22)11-18/h5-6,9-12,23H,2-4,7-8,13H2,1H3,(H,24,26). The molecule has 2 aromatic carbocycles. The predicted molar refractivity (Wildman–Crippen MR) is 107 cm³/mol. The average Bonchev–Trinajstić information content (AvgIpc) is 2.68. The van der Waals surface area contributed by atoms with Crippen LogP contribution < -0.4 is 10.6 Å². The maximum absolute atomic E-state index is 13.2. The molecule has 0 bridgehead atoms. The smallest absolute Gasteiger partial charge is 0.243 e. The van der Waals surface area contributed by atoms with Crippen LogP contribution >= 0.6 is 0 Å². The van der Waals surface area contributed by atoms with Crippen LogP contribution in [0, 0.1) is 18.6 Å². The van der Waals surface area contributed by atoms with Crippen molar-refractivity contribution in [3.05, 3.63) is 53.6 Å². The molecule has 1 fully saturated rings. The second-order valence-corrected chi connectivity index (χ2v) is 8.91. The zero-order valence-corrected chi connectivity index (χ0v) is 16.9. The molecule has 156 valence electrons. The first-order valence-electron chi connectivity index (χ1n) is 9.36. The van der Waals surface area contributed by atoms with E-state index in [1.807, 2.05) is 0 Å². The summed E-state index contributed by atoms with van der Waals surface area (Å²) < 4.78 is 53.8. The number of nitrogens with one attached hydrogen (secondary N) is 2. The van der Waals surface area contributed by atoms with Crippen LogP contribution in [0.1, 0.15) is 24.8 Å². The van der Waals surface area contributed by atoms with E-state index in [9.17, 15) is 22.0 Å². The fraction of sp³-hybridized carbons (Fsp3) is 0.350. The SMILES string of the molecule is Cc1ccc(NC(=O)CNc2cc(F)cc(F)c2)cc1S(=O)(=O)N1CCCCC1. The van der Waals surface area contributed by atoms with Gasteiger partial charge in [-0.2, -0.15) is 4.31 Å². The summed E-state index contributed by atoms with van der Waals surface area (Å²) in [6.07, 6.45) is 2.69. The van der Waals surface area contributed by atoms with E-state index in [4.69, 9.17) is 0 Å². The summed E-state index contributed by atoms with van der Waals surface area (Å²) >= 11 is 0. The van der Waals surface area contributed by atoms with Crippen molar-refractivity contribution in [2.75, 3.05) is 30.3 Å². The van der Waals surface area contributed by atoms with Crippen LogP contribution in [0.4, 0.5) is 20.2 Å². The quantitative estimate of drug-likeness (QED) is 0.746. The van der Waals surface area contributed by atoms with Crippen molar-refractivity contribution in [3.8, 4) is 0 Å². The van der Waals surface area contributed by atoms with Gasteiger partial charge in [-0.1, -0.05) is 12.5 Å². The molecule has 1 aliphatic rings. The van der Waals surface area contributed by atoms with E-state index >= 15 is 0 Å². The van der Waals surface area contributed by atoms with Crippen LogP contribution in [-0.2, 0) is 14.8 Å². The van der Waals surface area contributed by atoms with E-state index in [-0.39, 0.29) is 17.1 Å². The van der Waals surface area contributed by atoms with E-state index in [1.54, 1.807) is 19.1 Å². The molecular weight excluding hydrogens is 400 g/mol. The first-order chi connectivity index (χ1) is 13.8. The second-order valence-electron chi connectivity index (χ2n) is 7.00. The summed E-state index contributed by atoms with van der Waals surface area (Å²) in [5.41, 5.74) is 1.07. The van der Waals surface area contributed by atoms with Crippen molar-refractivity contribution in [1.82, 2.24) is 4.31 Å². The number of sulfonamides is 1. The molecule has 29 heavy (non-hydrogen) atoms. The zero-order valence-electron chi connectivity index (χ0n) is 16.0. The fourth-order valence-electron chi connectivity index (χ4n) is 3.24. The largest absolute Gasteiger partial charge is 0.376 e. The minimum absolute atomic E-state index is 0.134. The van der Waals surface area contributed by atoms with E-state index in [1.165, 1.54) is 10.4 Å². The zero-order chi connectivity index (χ0) is 21.0. The highest BCUT2D eigenvalue weighted by molar-refractivity contribution is 7.89. The van der Waals surface area contributed by atoms with Crippen molar-refractivity contribution in [2.24, 2.45) is 0 Å². The Kier molecular flexibility index (Phi) is 6.49. The van der Waals surface area contributed by atoms with Gasteiger partial charge in [-0.3, -0.25) is 4.79 Å². The lowest BCUT2D eigenvalue weighted by Crippen LogP contribution is -2.36. The van der Waals surface area contributed by atoms with Gasteiger partial charge in [-0.25, -0.2) is 17.2 Å². The van der Waals surface area contributed by atoms with Gasteiger partial charge >= 0.3 is 0 Å². The van der Waals surface area contributed by atoms with Crippen molar-refractivity contribution < 1.29 is 22.0 Å². The maximum Gasteiger partial charge on any atom is 0.243 e. The first kappa shape index (κ1) is 21.2. The van der Waals surface area contributed by atoms with Gasteiger partial charge in [0, 0.05) is 30.5 Å². The predicted octanol–water partition coefficient (Wildman–Crippen LogP) is 3.50. The lowest BCUT2D eigenvalue weighted by molar-refractivity contribution is -0.114. The summed E-state index contributed by atoms with van der Waals surface area (Å²) in [5, 5.41) is 5.25. The third kappa shape index (κ3) is 5.30. The molecule has 0 saturated carbocycles. The highest BCUT2D eigenvalue weighted by Gasteiger charge is 2.27. The Morgan fingerprint density at radius 3 is 2.31 bits per heavy atom. The summed E-state index contributed by atoms with van der Waals surface area (Å²) in [7, 11) is -3.63. The maximum atomic E-state index is 13.2. The van der Waals surface area contributed by atoms with Gasteiger partial charge < -0.3 is 10.6 Å². The van der Waals surface area contributed by atoms with Crippen LogP contribution in [-0.4, -0.2) is 38.3 Å². The lowest BCUT2D eigenvalue weighted by Gasteiger charge is -2.26. The van der Waals surface area contributed by atoms with E-state index in [0.29, 0.717) is 24.3 Å². The number of carbonyl (C=O) groups excluding carboxylic acids is 1. The number of piperidine rings is 1. The van der Waals surface area contributed by atoms with E-state index in [0.717, 1.165) is 37.5 Å². The Labute approximate surface area is 169 Å². The van der Waals surface area contributed by atoms with E-state index < -0.39 is 27.6 Å². The Morgan fingerprint density at radius 2 is 1.66 bits per heavy atom. The average molecular weight is 423 g/mol. The summed E-state index contributed by atoms with van der Waals surface area (Å²) in [5.74, 6) is -1.97. The number of hydrogen-bond acceptors (Lipinski definition) is 4. The monoisotopic (exact) mass is 423 g/mol. The fourth-order valence-corrected chi connectivity index (χ4v) is 5.01. The summed E-state index contributed by atoms with van der Waals surface area (Å²) in [6, 6.07) is 7.59. The number of benzene rings is 2. The Morgan fingerprint density at radius 1 is 1.00 bits per heavy atom. The molecule has 6 nitrogen and oxygen atoms in total. The molecule has 1 saturated heterocycles. The molecule has 0 unspecified atom stereocenters. The summed E-state index contributed by atoms with van der Waals surface area (Å²) in [6.45, 7) is 2.46. The Balaban J connectivity index is 1.69. The van der Waals surface area contributed by atoms with Crippen molar-refractivity contribution in [1.29, 1.82) is 0 Å². The molecule has 1 aliphatic heterocycles. The van der Waals surface area contributed by atoms with Crippen LogP contribution in [0.2, 0.25) is 0 Å². The number of aryl methyl sites for hydroxylation is 1. The van der Waals surface area contributed by atoms with Gasteiger partial charge in [-0.15, -0.1) is 0 Å². The van der Waals surface area contributed by atoms with Crippen molar-refractivity contribution in [3.63, 3.8) is 0 Å². The molecule has 9 heteroatoms. The normalized spacial score (nSPS) is 15.1. The number of halogens is 2. The molecule has 0 spiro atoms. The molecule has 3 rings (SSSR count). The van der Waals surface area contributed by atoms with Crippen LogP contribution in [0.5, 0.6) is 0 Å². The van der Waals surface area contributed by atoms with E-state index in [2.05, 4.69) is 10.6 Å². The van der Waals surface area contributed by atoms with Crippen LogP contribution in [0.3, 0.4) is 0 Å². The molecule has 2 N–H and O–H groups in total. The number of rotatable bonds is 6. The number of carbonyl (C=O) groups is 1.